The predicted molar refractivity (Wildman–Crippen MR) is 108 cm³/mol. The van der Waals surface area contributed by atoms with Gasteiger partial charge in [0, 0.05) is 0 Å². The summed E-state index contributed by atoms with van der Waals surface area (Å²) in [6, 6.07) is 24.3. The number of hydrogen-bond acceptors (Lipinski definition) is 3. The Balaban J connectivity index is 1.58. The Morgan fingerprint density at radius 2 is 1.50 bits per heavy atom. The summed E-state index contributed by atoms with van der Waals surface area (Å²) < 4.78 is 5.79. The molecule has 0 aromatic heterocycles. The Hall–Kier alpha value is -3.60. The van der Waals surface area contributed by atoms with Crippen LogP contribution in [0, 0.1) is 6.92 Å². The maximum atomic E-state index is 12.5. The zero-order valence-corrected chi connectivity index (χ0v) is 15.6. The molecular formula is C23H22N2O3. The monoisotopic (exact) mass is 374 g/mol. The highest BCUT2D eigenvalue weighted by atomic mass is 16.5. The van der Waals surface area contributed by atoms with Crippen LogP contribution in [0.3, 0.4) is 0 Å². The summed E-state index contributed by atoms with van der Waals surface area (Å²) in [5.74, 6) is -0.260. The van der Waals surface area contributed by atoms with E-state index in [9.17, 15) is 9.59 Å². The molecule has 0 unspecified atom stereocenters. The molecule has 28 heavy (non-hydrogen) atoms. The topological polar surface area (TPSA) is 67.4 Å². The maximum absolute atomic E-state index is 12.5. The Morgan fingerprint density at radius 1 is 0.821 bits per heavy atom. The molecule has 0 fully saturated rings. The summed E-state index contributed by atoms with van der Waals surface area (Å²) in [6.45, 7) is 2.30. The van der Waals surface area contributed by atoms with E-state index >= 15 is 0 Å². The van der Waals surface area contributed by atoms with Gasteiger partial charge in [0.1, 0.15) is 12.4 Å². The molecule has 3 aromatic rings. The van der Waals surface area contributed by atoms with Gasteiger partial charge in [-0.25, -0.2) is 0 Å². The van der Waals surface area contributed by atoms with Crippen LogP contribution in [-0.2, 0) is 17.8 Å². The third kappa shape index (κ3) is 5.20. The highest BCUT2D eigenvalue weighted by Crippen LogP contribution is 2.19. The lowest BCUT2D eigenvalue weighted by Crippen LogP contribution is -2.42. The zero-order chi connectivity index (χ0) is 19.8. The first-order valence-electron chi connectivity index (χ1n) is 9.03. The van der Waals surface area contributed by atoms with Gasteiger partial charge in [-0.3, -0.25) is 20.4 Å². The fourth-order valence-corrected chi connectivity index (χ4v) is 2.73. The number of carbonyl (C=O) groups excluding carboxylic acids is 2. The van der Waals surface area contributed by atoms with E-state index in [-0.39, 0.29) is 12.3 Å². The summed E-state index contributed by atoms with van der Waals surface area (Å²) in [4.78, 5) is 24.6. The van der Waals surface area contributed by atoms with E-state index in [0.717, 1.165) is 16.7 Å². The number of ether oxygens (including phenoxy) is 1. The minimum absolute atomic E-state index is 0.194. The highest BCUT2D eigenvalue weighted by Gasteiger charge is 2.13. The number of hydrogen-bond donors (Lipinski definition) is 2. The predicted octanol–water partition coefficient (Wildman–Crippen LogP) is 3.58. The van der Waals surface area contributed by atoms with Gasteiger partial charge in [-0.1, -0.05) is 66.7 Å². The van der Waals surface area contributed by atoms with Crippen LogP contribution in [-0.4, -0.2) is 11.8 Å². The van der Waals surface area contributed by atoms with Crippen LogP contribution in [0.25, 0.3) is 0 Å². The van der Waals surface area contributed by atoms with Crippen LogP contribution in [0.5, 0.6) is 5.75 Å². The van der Waals surface area contributed by atoms with E-state index in [1.54, 1.807) is 24.3 Å². The zero-order valence-electron chi connectivity index (χ0n) is 15.6. The van der Waals surface area contributed by atoms with Crippen molar-refractivity contribution < 1.29 is 14.3 Å². The molecule has 0 saturated heterocycles. The molecule has 0 atom stereocenters. The fraction of sp³-hybridized carbons (Fsp3) is 0.130. The van der Waals surface area contributed by atoms with E-state index in [0.29, 0.717) is 17.9 Å². The highest BCUT2D eigenvalue weighted by molar-refractivity contribution is 5.98. The number of carbonyl (C=O) groups is 2. The molecule has 5 nitrogen and oxygen atoms in total. The molecule has 5 heteroatoms. The van der Waals surface area contributed by atoms with Crippen molar-refractivity contribution in [3.63, 3.8) is 0 Å². The second-order valence-corrected chi connectivity index (χ2v) is 6.38. The molecule has 0 spiro atoms. The SMILES string of the molecule is Cc1ccccc1CC(=O)NNC(=O)c1ccccc1OCc1ccccc1. The normalized spacial score (nSPS) is 10.2. The first-order valence-corrected chi connectivity index (χ1v) is 9.03. The Bertz CT molecular complexity index is 955. The molecule has 0 aliphatic heterocycles. The molecule has 0 bridgehead atoms. The molecule has 142 valence electrons. The van der Waals surface area contributed by atoms with Crippen LogP contribution in [0.1, 0.15) is 27.0 Å². The Morgan fingerprint density at radius 3 is 2.29 bits per heavy atom. The third-order valence-corrected chi connectivity index (χ3v) is 4.30. The van der Waals surface area contributed by atoms with Gasteiger partial charge in [0.2, 0.25) is 5.91 Å². The number of nitrogens with one attached hydrogen (secondary N) is 2. The van der Waals surface area contributed by atoms with Crippen LogP contribution in [0.2, 0.25) is 0 Å². The molecule has 3 rings (SSSR count). The van der Waals surface area contributed by atoms with E-state index < -0.39 is 5.91 Å². The molecule has 0 heterocycles. The van der Waals surface area contributed by atoms with Crippen LogP contribution < -0.4 is 15.6 Å². The third-order valence-electron chi connectivity index (χ3n) is 4.30. The quantitative estimate of drug-likeness (QED) is 0.648. The van der Waals surface area contributed by atoms with Gasteiger partial charge >= 0.3 is 0 Å². The summed E-state index contributed by atoms with van der Waals surface area (Å²) in [7, 11) is 0. The van der Waals surface area contributed by atoms with E-state index in [1.807, 2.05) is 61.5 Å². The van der Waals surface area contributed by atoms with Gasteiger partial charge < -0.3 is 4.74 Å². The smallest absolute Gasteiger partial charge is 0.273 e. The van der Waals surface area contributed by atoms with Crippen molar-refractivity contribution in [1.82, 2.24) is 10.9 Å². The largest absolute Gasteiger partial charge is 0.488 e. The van der Waals surface area contributed by atoms with Crippen molar-refractivity contribution in [1.29, 1.82) is 0 Å². The fourth-order valence-electron chi connectivity index (χ4n) is 2.73. The molecule has 0 aliphatic carbocycles. The van der Waals surface area contributed by atoms with Gasteiger partial charge in [-0.2, -0.15) is 0 Å². The molecule has 2 N–H and O–H groups in total. The average Bonchev–Trinajstić information content (AvgIpc) is 2.73. The van der Waals surface area contributed by atoms with Crippen molar-refractivity contribution in [3.8, 4) is 5.75 Å². The van der Waals surface area contributed by atoms with Crippen LogP contribution >= 0.6 is 0 Å². The molecule has 0 aliphatic rings. The number of amides is 2. The van der Waals surface area contributed by atoms with Crippen molar-refractivity contribution in [2.45, 2.75) is 20.0 Å². The summed E-state index contributed by atoms with van der Waals surface area (Å²) in [5.41, 5.74) is 8.23. The summed E-state index contributed by atoms with van der Waals surface area (Å²) in [6.07, 6.45) is 0.194. The van der Waals surface area contributed by atoms with E-state index in [2.05, 4.69) is 10.9 Å². The minimum atomic E-state index is -0.429. The van der Waals surface area contributed by atoms with Gasteiger partial charge in [0.05, 0.1) is 12.0 Å². The van der Waals surface area contributed by atoms with Gasteiger partial charge in [-0.15, -0.1) is 0 Å². The number of benzene rings is 3. The minimum Gasteiger partial charge on any atom is -0.488 e. The lowest BCUT2D eigenvalue weighted by molar-refractivity contribution is -0.121. The first kappa shape index (κ1) is 19.2. The second-order valence-electron chi connectivity index (χ2n) is 6.38. The Kier molecular flexibility index (Phi) is 6.41. The molecule has 0 saturated carbocycles. The first-order chi connectivity index (χ1) is 13.6. The molecule has 3 aromatic carbocycles. The van der Waals surface area contributed by atoms with Crippen molar-refractivity contribution in [2.75, 3.05) is 0 Å². The van der Waals surface area contributed by atoms with Crippen LogP contribution in [0.4, 0.5) is 0 Å². The van der Waals surface area contributed by atoms with Crippen molar-refractivity contribution >= 4 is 11.8 Å². The van der Waals surface area contributed by atoms with E-state index in [1.165, 1.54) is 0 Å². The van der Waals surface area contributed by atoms with Gasteiger partial charge in [0.15, 0.2) is 0 Å². The number of para-hydroxylation sites is 1. The molecule has 0 radical (unpaired) electrons. The number of rotatable bonds is 6. The number of aryl methyl sites for hydroxylation is 1. The Labute approximate surface area is 164 Å². The molecular weight excluding hydrogens is 352 g/mol. The van der Waals surface area contributed by atoms with Gasteiger partial charge in [0.25, 0.3) is 5.91 Å². The lowest BCUT2D eigenvalue weighted by atomic mass is 10.1. The average molecular weight is 374 g/mol. The van der Waals surface area contributed by atoms with E-state index in [4.69, 9.17) is 4.74 Å². The number of hydrazine groups is 1. The maximum Gasteiger partial charge on any atom is 0.273 e. The second kappa shape index (κ2) is 9.37. The van der Waals surface area contributed by atoms with Gasteiger partial charge in [-0.05, 0) is 35.7 Å². The lowest BCUT2D eigenvalue weighted by Gasteiger charge is -2.13. The summed E-state index contributed by atoms with van der Waals surface area (Å²) in [5, 5.41) is 0. The van der Waals surface area contributed by atoms with Crippen molar-refractivity contribution in [2.24, 2.45) is 0 Å². The standard InChI is InChI=1S/C23H22N2O3/c1-17-9-5-6-12-19(17)15-22(26)24-25-23(27)20-13-7-8-14-21(20)28-16-18-10-3-2-4-11-18/h2-14H,15-16H2,1H3,(H,24,26)(H,25,27). The molecule has 2 amide bonds. The van der Waals surface area contributed by atoms with Crippen molar-refractivity contribution in [3.05, 3.63) is 101 Å². The van der Waals surface area contributed by atoms with Crippen LogP contribution in [0.15, 0.2) is 78.9 Å². The summed E-state index contributed by atoms with van der Waals surface area (Å²) >= 11 is 0.